The standard InChI is InChI=1S/C12H18BrNO2/c1-7(4-5-14)9-6-10(13)12(16-3)8(2)11(9)15/h6-7,15H,4-5,14H2,1-3H3. The summed E-state index contributed by atoms with van der Waals surface area (Å²) in [5.41, 5.74) is 7.20. The van der Waals surface area contributed by atoms with Crippen LogP contribution in [0.1, 0.15) is 30.4 Å². The summed E-state index contributed by atoms with van der Waals surface area (Å²) >= 11 is 3.44. The number of ether oxygens (including phenoxy) is 1. The van der Waals surface area contributed by atoms with Crippen molar-refractivity contribution >= 4 is 15.9 Å². The first kappa shape index (κ1) is 13.3. The molecule has 1 rings (SSSR count). The van der Waals surface area contributed by atoms with Crippen LogP contribution in [0.3, 0.4) is 0 Å². The number of hydrogen-bond donors (Lipinski definition) is 2. The van der Waals surface area contributed by atoms with Crippen molar-refractivity contribution in [2.75, 3.05) is 13.7 Å². The predicted molar refractivity (Wildman–Crippen MR) is 69.2 cm³/mol. The van der Waals surface area contributed by atoms with Crippen molar-refractivity contribution in [1.29, 1.82) is 0 Å². The third-order valence-electron chi connectivity index (χ3n) is 2.80. The predicted octanol–water partition coefficient (Wildman–Crippen LogP) is 2.92. The number of halogens is 1. The molecule has 0 heterocycles. The van der Waals surface area contributed by atoms with Crippen LogP contribution in [-0.2, 0) is 0 Å². The fourth-order valence-electron chi connectivity index (χ4n) is 1.81. The van der Waals surface area contributed by atoms with Crippen molar-refractivity contribution in [3.05, 3.63) is 21.7 Å². The summed E-state index contributed by atoms with van der Waals surface area (Å²) in [5, 5.41) is 10.1. The molecule has 1 atom stereocenters. The van der Waals surface area contributed by atoms with E-state index in [2.05, 4.69) is 22.9 Å². The largest absolute Gasteiger partial charge is 0.507 e. The molecule has 3 N–H and O–H groups in total. The molecule has 0 aliphatic carbocycles. The number of phenolic OH excluding ortho intramolecular Hbond substituents is 1. The van der Waals surface area contributed by atoms with Gasteiger partial charge in [-0.15, -0.1) is 0 Å². The molecule has 1 unspecified atom stereocenters. The number of methoxy groups -OCH3 is 1. The van der Waals surface area contributed by atoms with Gasteiger partial charge in [-0.3, -0.25) is 0 Å². The average molecular weight is 288 g/mol. The Bertz CT molecular complexity index is 380. The Morgan fingerprint density at radius 3 is 2.69 bits per heavy atom. The van der Waals surface area contributed by atoms with E-state index in [9.17, 15) is 5.11 Å². The highest BCUT2D eigenvalue weighted by molar-refractivity contribution is 9.10. The minimum atomic E-state index is 0.242. The van der Waals surface area contributed by atoms with E-state index >= 15 is 0 Å². The summed E-state index contributed by atoms with van der Waals surface area (Å²) < 4.78 is 6.08. The number of rotatable bonds is 4. The van der Waals surface area contributed by atoms with Gasteiger partial charge in [0, 0.05) is 5.56 Å². The summed E-state index contributed by atoms with van der Waals surface area (Å²) in [4.78, 5) is 0. The maximum absolute atomic E-state index is 10.1. The molecule has 16 heavy (non-hydrogen) atoms. The molecule has 0 amide bonds. The van der Waals surface area contributed by atoms with Crippen LogP contribution in [0.2, 0.25) is 0 Å². The summed E-state index contributed by atoms with van der Waals surface area (Å²) in [6.07, 6.45) is 0.853. The Balaban J connectivity index is 3.22. The van der Waals surface area contributed by atoms with Gasteiger partial charge in [-0.2, -0.15) is 0 Å². The van der Waals surface area contributed by atoms with Gasteiger partial charge in [-0.1, -0.05) is 6.92 Å². The Morgan fingerprint density at radius 1 is 1.56 bits per heavy atom. The Kier molecular flexibility index (Phi) is 4.62. The van der Waals surface area contributed by atoms with Crippen molar-refractivity contribution in [3.8, 4) is 11.5 Å². The Labute approximate surface area is 105 Å². The van der Waals surface area contributed by atoms with E-state index in [1.807, 2.05) is 13.0 Å². The second kappa shape index (κ2) is 5.55. The molecule has 0 aliphatic rings. The lowest BCUT2D eigenvalue weighted by atomic mass is 9.94. The molecule has 0 aliphatic heterocycles. The lowest BCUT2D eigenvalue weighted by Crippen LogP contribution is -2.05. The van der Waals surface area contributed by atoms with Gasteiger partial charge in [0.25, 0.3) is 0 Å². The van der Waals surface area contributed by atoms with Gasteiger partial charge in [0.2, 0.25) is 0 Å². The van der Waals surface area contributed by atoms with Crippen LogP contribution in [0.25, 0.3) is 0 Å². The molecule has 4 heteroatoms. The van der Waals surface area contributed by atoms with Crippen LogP contribution < -0.4 is 10.5 Å². The van der Waals surface area contributed by atoms with Crippen molar-refractivity contribution in [1.82, 2.24) is 0 Å². The summed E-state index contributed by atoms with van der Waals surface area (Å²) in [5.74, 6) is 1.23. The van der Waals surface area contributed by atoms with Gasteiger partial charge in [-0.25, -0.2) is 0 Å². The molecular weight excluding hydrogens is 270 g/mol. The molecule has 0 bridgehead atoms. The van der Waals surface area contributed by atoms with Gasteiger partial charge >= 0.3 is 0 Å². The number of benzene rings is 1. The number of hydrogen-bond acceptors (Lipinski definition) is 3. The highest BCUT2D eigenvalue weighted by Crippen LogP contribution is 2.40. The topological polar surface area (TPSA) is 55.5 Å². The van der Waals surface area contributed by atoms with Crippen molar-refractivity contribution in [2.45, 2.75) is 26.2 Å². The first-order valence-corrected chi connectivity index (χ1v) is 6.08. The summed E-state index contributed by atoms with van der Waals surface area (Å²) in [6.45, 7) is 4.52. The average Bonchev–Trinajstić information content (AvgIpc) is 2.24. The van der Waals surface area contributed by atoms with E-state index in [4.69, 9.17) is 10.5 Å². The molecule has 1 aromatic rings. The van der Waals surface area contributed by atoms with Gasteiger partial charge in [0.05, 0.1) is 11.6 Å². The molecule has 0 saturated heterocycles. The molecule has 0 spiro atoms. The van der Waals surface area contributed by atoms with Crippen LogP contribution in [0.15, 0.2) is 10.5 Å². The van der Waals surface area contributed by atoms with E-state index in [0.717, 1.165) is 22.0 Å². The summed E-state index contributed by atoms with van der Waals surface area (Å²) in [7, 11) is 1.59. The van der Waals surface area contributed by atoms with Crippen molar-refractivity contribution in [3.63, 3.8) is 0 Å². The Hall–Kier alpha value is -0.740. The smallest absolute Gasteiger partial charge is 0.139 e. The molecule has 0 fully saturated rings. The van der Waals surface area contributed by atoms with Crippen LogP contribution in [0, 0.1) is 6.92 Å². The highest BCUT2D eigenvalue weighted by Gasteiger charge is 2.17. The zero-order valence-electron chi connectivity index (χ0n) is 9.88. The lowest BCUT2D eigenvalue weighted by Gasteiger charge is -2.17. The molecule has 90 valence electrons. The van der Waals surface area contributed by atoms with E-state index in [-0.39, 0.29) is 5.92 Å². The zero-order valence-corrected chi connectivity index (χ0v) is 11.5. The fraction of sp³-hybridized carbons (Fsp3) is 0.500. The number of nitrogens with two attached hydrogens (primary N) is 1. The lowest BCUT2D eigenvalue weighted by molar-refractivity contribution is 0.397. The fourth-order valence-corrected chi connectivity index (χ4v) is 2.51. The van der Waals surface area contributed by atoms with Gasteiger partial charge in [-0.05, 0) is 53.4 Å². The van der Waals surface area contributed by atoms with Crippen LogP contribution in [0.4, 0.5) is 0 Å². The second-order valence-electron chi connectivity index (χ2n) is 3.93. The molecule has 1 aromatic carbocycles. The van der Waals surface area contributed by atoms with Crippen molar-refractivity contribution in [2.24, 2.45) is 5.73 Å². The first-order valence-electron chi connectivity index (χ1n) is 5.28. The van der Waals surface area contributed by atoms with Crippen LogP contribution in [0.5, 0.6) is 11.5 Å². The third kappa shape index (κ3) is 2.50. The van der Waals surface area contributed by atoms with E-state index in [1.54, 1.807) is 7.11 Å². The number of phenols is 1. The normalized spacial score (nSPS) is 12.6. The monoisotopic (exact) mass is 287 g/mol. The van der Waals surface area contributed by atoms with Gasteiger partial charge in [0.1, 0.15) is 11.5 Å². The molecule has 0 saturated carbocycles. The molecule has 0 radical (unpaired) electrons. The zero-order chi connectivity index (χ0) is 12.3. The number of aromatic hydroxyl groups is 1. The second-order valence-corrected chi connectivity index (χ2v) is 4.79. The molecular formula is C12H18BrNO2. The minimum Gasteiger partial charge on any atom is -0.507 e. The summed E-state index contributed by atoms with van der Waals surface area (Å²) in [6, 6.07) is 1.90. The van der Waals surface area contributed by atoms with E-state index in [1.165, 1.54) is 0 Å². The molecule has 3 nitrogen and oxygen atoms in total. The van der Waals surface area contributed by atoms with Gasteiger partial charge in [0.15, 0.2) is 0 Å². The molecule has 0 aromatic heterocycles. The minimum absolute atomic E-state index is 0.242. The van der Waals surface area contributed by atoms with E-state index in [0.29, 0.717) is 18.0 Å². The quantitative estimate of drug-likeness (QED) is 0.895. The Morgan fingerprint density at radius 2 is 2.19 bits per heavy atom. The maximum atomic E-state index is 10.1. The third-order valence-corrected chi connectivity index (χ3v) is 3.39. The van der Waals surface area contributed by atoms with Crippen molar-refractivity contribution < 1.29 is 9.84 Å². The van der Waals surface area contributed by atoms with Crippen LogP contribution in [-0.4, -0.2) is 18.8 Å². The van der Waals surface area contributed by atoms with Gasteiger partial charge < -0.3 is 15.6 Å². The SMILES string of the molecule is COc1c(Br)cc(C(C)CCN)c(O)c1C. The maximum Gasteiger partial charge on any atom is 0.139 e. The van der Waals surface area contributed by atoms with E-state index < -0.39 is 0 Å². The first-order chi connectivity index (χ1) is 7.52. The highest BCUT2D eigenvalue weighted by atomic mass is 79.9. The van der Waals surface area contributed by atoms with Crippen LogP contribution >= 0.6 is 15.9 Å².